The number of methoxy groups -OCH3 is 1. The van der Waals surface area contributed by atoms with E-state index in [1.807, 2.05) is 33.3 Å². The van der Waals surface area contributed by atoms with E-state index in [1.54, 1.807) is 7.11 Å². The van der Waals surface area contributed by atoms with E-state index in [1.165, 1.54) is 31.2 Å². The molecule has 1 rings (SSSR count). The van der Waals surface area contributed by atoms with Gasteiger partial charge in [0.1, 0.15) is 5.75 Å². The molecule has 0 saturated heterocycles. The second-order valence-corrected chi connectivity index (χ2v) is 9.16. The van der Waals surface area contributed by atoms with Gasteiger partial charge in [-0.3, -0.25) is 9.59 Å². The number of nitrogens with one attached hydrogen (secondary N) is 1. The molecule has 0 bridgehead atoms. The SMILES string of the molecule is COc1ccc(CCCCCCCCCC(=O)NC(CC(=O)O)C[N+](C)(C)C)cc1. The van der Waals surface area contributed by atoms with E-state index in [0.717, 1.165) is 31.4 Å². The first-order chi connectivity index (χ1) is 14.2. The molecular formula is C24H41N2O4+. The summed E-state index contributed by atoms with van der Waals surface area (Å²) < 4.78 is 5.80. The summed E-state index contributed by atoms with van der Waals surface area (Å²) >= 11 is 0. The lowest BCUT2D eigenvalue weighted by Gasteiger charge is -2.29. The molecule has 0 spiro atoms. The van der Waals surface area contributed by atoms with Gasteiger partial charge in [0.25, 0.3) is 0 Å². The predicted octanol–water partition coefficient (Wildman–Crippen LogP) is 4.02. The molecule has 0 aromatic heterocycles. The normalized spacial score (nSPS) is 12.4. The molecule has 6 nitrogen and oxygen atoms in total. The lowest BCUT2D eigenvalue weighted by molar-refractivity contribution is -0.871. The highest BCUT2D eigenvalue weighted by atomic mass is 16.5. The van der Waals surface area contributed by atoms with Crippen molar-refractivity contribution >= 4 is 11.9 Å². The number of carbonyl (C=O) groups is 2. The summed E-state index contributed by atoms with van der Waals surface area (Å²) in [4.78, 5) is 23.2. The molecule has 0 fully saturated rings. The van der Waals surface area contributed by atoms with Crippen molar-refractivity contribution in [1.29, 1.82) is 0 Å². The highest BCUT2D eigenvalue weighted by Gasteiger charge is 2.22. The first kappa shape index (κ1) is 26.0. The molecule has 1 atom stereocenters. The van der Waals surface area contributed by atoms with Crippen molar-refractivity contribution in [3.63, 3.8) is 0 Å². The van der Waals surface area contributed by atoms with Gasteiger partial charge in [-0.25, -0.2) is 0 Å². The first-order valence-electron chi connectivity index (χ1n) is 11.1. The van der Waals surface area contributed by atoms with Crippen LogP contribution in [-0.4, -0.2) is 62.3 Å². The largest absolute Gasteiger partial charge is 0.497 e. The van der Waals surface area contributed by atoms with Crippen molar-refractivity contribution < 1.29 is 23.9 Å². The van der Waals surface area contributed by atoms with Crippen LogP contribution in [-0.2, 0) is 16.0 Å². The number of aryl methyl sites for hydroxylation is 1. The zero-order valence-corrected chi connectivity index (χ0v) is 19.3. The van der Waals surface area contributed by atoms with Crippen molar-refractivity contribution in [1.82, 2.24) is 5.32 Å². The number of carboxylic acid groups (broad SMARTS) is 1. The number of carbonyl (C=O) groups excluding carboxylic acids is 1. The maximum atomic E-state index is 12.2. The summed E-state index contributed by atoms with van der Waals surface area (Å²) in [6.07, 6.45) is 9.47. The smallest absolute Gasteiger partial charge is 0.305 e. The first-order valence-corrected chi connectivity index (χ1v) is 11.1. The van der Waals surface area contributed by atoms with Crippen LogP contribution in [0, 0.1) is 0 Å². The van der Waals surface area contributed by atoms with Crippen LogP contribution in [0.2, 0.25) is 0 Å². The summed E-state index contributed by atoms with van der Waals surface area (Å²) in [5, 5.41) is 12.0. The molecule has 0 radical (unpaired) electrons. The second-order valence-electron chi connectivity index (χ2n) is 9.16. The fourth-order valence-electron chi connectivity index (χ4n) is 3.62. The summed E-state index contributed by atoms with van der Waals surface area (Å²) in [5.41, 5.74) is 1.35. The Morgan fingerprint density at radius 2 is 1.53 bits per heavy atom. The molecule has 2 N–H and O–H groups in total. The van der Waals surface area contributed by atoms with Gasteiger partial charge in [0.15, 0.2) is 0 Å². The standard InChI is InChI=1S/C24H40N2O4/c1-26(2,3)19-21(18-24(28)29)25-23(27)13-11-9-7-5-6-8-10-12-20-14-16-22(30-4)17-15-20/h14-17,21H,5-13,18-19H2,1-4H3,(H-,25,27,28,29)/p+1. The number of rotatable bonds is 16. The van der Waals surface area contributed by atoms with Gasteiger partial charge in [0.05, 0.1) is 47.3 Å². The zero-order valence-electron chi connectivity index (χ0n) is 19.3. The van der Waals surface area contributed by atoms with E-state index in [-0.39, 0.29) is 18.4 Å². The van der Waals surface area contributed by atoms with Gasteiger partial charge in [-0.15, -0.1) is 0 Å². The fourth-order valence-corrected chi connectivity index (χ4v) is 3.62. The number of hydrogen-bond donors (Lipinski definition) is 2. The Hall–Kier alpha value is -2.08. The zero-order chi connectivity index (χ0) is 22.4. The summed E-state index contributed by atoms with van der Waals surface area (Å²) in [5.74, 6) is -0.00635. The van der Waals surface area contributed by atoms with Crippen LogP contribution in [0.15, 0.2) is 24.3 Å². The van der Waals surface area contributed by atoms with E-state index < -0.39 is 5.97 Å². The van der Waals surface area contributed by atoms with E-state index in [0.29, 0.717) is 17.4 Å². The number of benzene rings is 1. The van der Waals surface area contributed by atoms with E-state index in [9.17, 15) is 9.59 Å². The van der Waals surface area contributed by atoms with Crippen molar-refractivity contribution in [3.8, 4) is 5.75 Å². The molecule has 6 heteroatoms. The van der Waals surface area contributed by atoms with Gasteiger partial charge in [-0.05, 0) is 37.0 Å². The Balaban J connectivity index is 2.07. The molecule has 0 aliphatic rings. The third kappa shape index (κ3) is 13.2. The highest BCUT2D eigenvalue weighted by Crippen LogP contribution is 2.15. The van der Waals surface area contributed by atoms with Gasteiger partial charge in [0.2, 0.25) is 5.91 Å². The molecular weight excluding hydrogens is 380 g/mol. The number of unbranched alkanes of at least 4 members (excludes halogenated alkanes) is 6. The topological polar surface area (TPSA) is 75.6 Å². The fraction of sp³-hybridized carbons (Fsp3) is 0.667. The van der Waals surface area contributed by atoms with Gasteiger partial charge < -0.3 is 19.6 Å². The molecule has 0 aliphatic carbocycles. The molecule has 1 unspecified atom stereocenters. The van der Waals surface area contributed by atoms with Crippen LogP contribution in [0.4, 0.5) is 0 Å². The molecule has 0 saturated carbocycles. The number of likely N-dealkylation sites (N-methyl/N-ethyl adjacent to an activating group) is 1. The van der Waals surface area contributed by atoms with E-state index in [4.69, 9.17) is 9.84 Å². The van der Waals surface area contributed by atoms with Crippen molar-refractivity contribution in [2.75, 3.05) is 34.8 Å². The maximum absolute atomic E-state index is 12.2. The number of carboxylic acids is 1. The minimum atomic E-state index is -0.874. The predicted molar refractivity (Wildman–Crippen MR) is 121 cm³/mol. The quantitative estimate of drug-likeness (QED) is 0.312. The molecule has 1 amide bonds. The Morgan fingerprint density at radius 3 is 2.07 bits per heavy atom. The third-order valence-electron chi connectivity index (χ3n) is 5.08. The Bertz CT molecular complexity index is 623. The van der Waals surface area contributed by atoms with E-state index >= 15 is 0 Å². The third-order valence-corrected chi connectivity index (χ3v) is 5.08. The van der Waals surface area contributed by atoms with Gasteiger partial charge >= 0.3 is 5.97 Å². The van der Waals surface area contributed by atoms with Crippen LogP contribution in [0.5, 0.6) is 5.75 Å². The summed E-state index contributed by atoms with van der Waals surface area (Å²) in [7, 11) is 7.68. The average molecular weight is 422 g/mol. The second kappa shape index (κ2) is 14.0. The number of amides is 1. The van der Waals surface area contributed by atoms with Crippen LogP contribution in [0.1, 0.15) is 63.4 Å². The van der Waals surface area contributed by atoms with Gasteiger partial charge in [0, 0.05) is 6.42 Å². The van der Waals surface area contributed by atoms with Crippen LogP contribution < -0.4 is 10.1 Å². The molecule has 1 aromatic carbocycles. The minimum Gasteiger partial charge on any atom is -0.497 e. The van der Waals surface area contributed by atoms with Crippen LogP contribution in [0.3, 0.4) is 0 Å². The molecule has 30 heavy (non-hydrogen) atoms. The number of nitrogens with zero attached hydrogens (tertiary/aromatic N) is 1. The number of ether oxygens (including phenoxy) is 1. The van der Waals surface area contributed by atoms with Crippen LogP contribution >= 0.6 is 0 Å². The molecule has 170 valence electrons. The maximum Gasteiger partial charge on any atom is 0.305 e. The van der Waals surface area contributed by atoms with Crippen molar-refractivity contribution in [2.24, 2.45) is 0 Å². The van der Waals surface area contributed by atoms with Gasteiger partial charge in [-0.2, -0.15) is 0 Å². The average Bonchev–Trinajstić information content (AvgIpc) is 2.65. The van der Waals surface area contributed by atoms with Crippen LogP contribution in [0.25, 0.3) is 0 Å². The Labute approximate surface area is 182 Å². The Kier molecular flexibility index (Phi) is 12.1. The van der Waals surface area contributed by atoms with Crippen molar-refractivity contribution in [2.45, 2.75) is 70.3 Å². The summed E-state index contributed by atoms with van der Waals surface area (Å²) in [6.45, 7) is 0.606. The lowest BCUT2D eigenvalue weighted by Crippen LogP contribution is -2.49. The summed E-state index contributed by atoms with van der Waals surface area (Å²) in [6, 6.07) is 7.96. The monoisotopic (exact) mass is 421 g/mol. The minimum absolute atomic E-state index is 0.0300. The van der Waals surface area contributed by atoms with E-state index in [2.05, 4.69) is 17.4 Å². The number of hydrogen-bond acceptors (Lipinski definition) is 3. The van der Waals surface area contributed by atoms with Crippen molar-refractivity contribution in [3.05, 3.63) is 29.8 Å². The molecule has 0 heterocycles. The molecule has 0 aliphatic heterocycles. The van der Waals surface area contributed by atoms with Gasteiger partial charge in [-0.1, -0.05) is 44.2 Å². The Morgan fingerprint density at radius 1 is 0.967 bits per heavy atom. The number of aliphatic carboxylic acids is 1. The lowest BCUT2D eigenvalue weighted by atomic mass is 10.0. The highest BCUT2D eigenvalue weighted by molar-refractivity contribution is 5.77. The molecule has 1 aromatic rings. The number of quaternary nitrogens is 1.